The Morgan fingerprint density at radius 2 is 1.81 bits per heavy atom. The highest BCUT2D eigenvalue weighted by atomic mass is 32.1. The van der Waals surface area contributed by atoms with E-state index in [9.17, 15) is 19.8 Å². The Bertz CT molecular complexity index is 1220. The number of hydrogen-bond donors (Lipinski definition) is 4. The van der Waals surface area contributed by atoms with Crippen LogP contribution in [-0.2, 0) is 12.8 Å². The quantitative estimate of drug-likeness (QED) is 0.262. The van der Waals surface area contributed by atoms with Gasteiger partial charge in [-0.05, 0) is 74.1 Å². The molecule has 0 radical (unpaired) electrons. The monoisotopic (exact) mass is 449 g/mol. The van der Waals surface area contributed by atoms with E-state index in [-0.39, 0.29) is 23.0 Å². The molecule has 0 bridgehead atoms. The van der Waals surface area contributed by atoms with E-state index in [1.54, 1.807) is 36.5 Å². The van der Waals surface area contributed by atoms with Gasteiger partial charge in [-0.1, -0.05) is 12.1 Å². The molecule has 1 heterocycles. The summed E-state index contributed by atoms with van der Waals surface area (Å²) in [4.78, 5) is 26.4. The molecule has 32 heavy (non-hydrogen) atoms. The lowest BCUT2D eigenvalue weighted by Gasteiger charge is -2.13. The molecule has 8 heteroatoms. The first kappa shape index (κ1) is 21.6. The summed E-state index contributed by atoms with van der Waals surface area (Å²) in [6.45, 7) is 1.72. The molecule has 7 nitrogen and oxygen atoms in total. The van der Waals surface area contributed by atoms with Gasteiger partial charge >= 0.3 is 0 Å². The summed E-state index contributed by atoms with van der Waals surface area (Å²) in [7, 11) is 0. The molecule has 4 rings (SSSR count). The summed E-state index contributed by atoms with van der Waals surface area (Å²) >= 11 is 1.65. The van der Waals surface area contributed by atoms with Crippen LogP contribution in [0.5, 0.6) is 11.5 Å². The number of nitrogens with zero attached hydrogens (tertiary/aromatic N) is 1. The maximum absolute atomic E-state index is 12.8. The van der Waals surface area contributed by atoms with Crippen LogP contribution in [0, 0.1) is 0 Å². The van der Waals surface area contributed by atoms with Crippen molar-refractivity contribution in [3.63, 3.8) is 0 Å². The van der Waals surface area contributed by atoms with Gasteiger partial charge in [-0.25, -0.2) is 5.43 Å². The number of phenols is 2. The molecule has 1 aliphatic carbocycles. The Morgan fingerprint density at radius 1 is 1.00 bits per heavy atom. The third-order valence-electron chi connectivity index (χ3n) is 5.39. The highest BCUT2D eigenvalue weighted by Gasteiger charge is 2.20. The molecule has 0 spiro atoms. The van der Waals surface area contributed by atoms with E-state index < -0.39 is 5.91 Å². The van der Waals surface area contributed by atoms with Crippen LogP contribution in [0.2, 0.25) is 0 Å². The number of hydrogen-bond acceptors (Lipinski definition) is 6. The van der Waals surface area contributed by atoms with Crippen molar-refractivity contribution in [2.24, 2.45) is 5.10 Å². The van der Waals surface area contributed by atoms with Crippen molar-refractivity contribution in [2.45, 2.75) is 32.6 Å². The molecule has 0 saturated heterocycles. The molecule has 0 fully saturated rings. The molecule has 2 aromatic carbocycles. The second kappa shape index (κ2) is 9.23. The summed E-state index contributed by atoms with van der Waals surface area (Å²) in [6.07, 6.45) is 4.28. The molecule has 4 N–H and O–H groups in total. The summed E-state index contributed by atoms with van der Waals surface area (Å²) < 4.78 is 0. The summed E-state index contributed by atoms with van der Waals surface area (Å²) in [6, 6.07) is 10.9. The van der Waals surface area contributed by atoms with Crippen LogP contribution < -0.4 is 10.7 Å². The number of amides is 2. The zero-order valence-electron chi connectivity index (χ0n) is 17.5. The third-order valence-corrected chi connectivity index (χ3v) is 6.48. The zero-order chi connectivity index (χ0) is 22.7. The molecule has 0 aliphatic heterocycles. The molecule has 0 atom stereocenters. The van der Waals surface area contributed by atoms with Gasteiger partial charge in [0.05, 0.1) is 16.8 Å². The third kappa shape index (κ3) is 4.65. The minimum Gasteiger partial charge on any atom is -0.508 e. The van der Waals surface area contributed by atoms with Gasteiger partial charge in [0, 0.05) is 15.9 Å². The van der Waals surface area contributed by atoms with Crippen molar-refractivity contribution < 1.29 is 19.8 Å². The lowest BCUT2D eigenvalue weighted by atomic mass is 9.95. The van der Waals surface area contributed by atoms with Crippen LogP contribution >= 0.6 is 11.3 Å². The molecular formula is C24H23N3O4S. The molecule has 3 aromatic rings. The fraction of sp³-hybridized carbons (Fsp3) is 0.208. The topological polar surface area (TPSA) is 111 Å². The molecule has 164 valence electrons. The highest BCUT2D eigenvalue weighted by Crippen LogP contribution is 2.30. The van der Waals surface area contributed by atoms with Crippen LogP contribution in [0.3, 0.4) is 0 Å². The minimum absolute atomic E-state index is 0.0818. The number of hydrazone groups is 1. The van der Waals surface area contributed by atoms with Gasteiger partial charge in [-0.2, -0.15) is 5.10 Å². The lowest BCUT2D eigenvalue weighted by Crippen LogP contribution is -2.19. The number of carbonyl (C=O) groups is 2. The van der Waals surface area contributed by atoms with E-state index in [4.69, 9.17) is 0 Å². The smallest absolute Gasteiger partial charge is 0.275 e. The molecular weight excluding hydrogens is 426 g/mol. The van der Waals surface area contributed by atoms with E-state index in [1.165, 1.54) is 29.0 Å². The minimum atomic E-state index is -0.649. The van der Waals surface area contributed by atoms with E-state index in [0.717, 1.165) is 36.5 Å². The molecule has 1 aromatic heterocycles. The summed E-state index contributed by atoms with van der Waals surface area (Å²) in [5, 5.41) is 28.3. The number of rotatable bonds is 5. The maximum Gasteiger partial charge on any atom is 0.275 e. The number of thiophene rings is 1. The van der Waals surface area contributed by atoms with Crippen molar-refractivity contribution in [2.75, 3.05) is 5.32 Å². The van der Waals surface area contributed by atoms with E-state index in [1.807, 2.05) is 11.4 Å². The molecule has 2 amide bonds. The van der Waals surface area contributed by atoms with Crippen LogP contribution in [-0.4, -0.2) is 27.7 Å². The van der Waals surface area contributed by atoms with Crippen molar-refractivity contribution in [1.82, 2.24) is 5.43 Å². The Morgan fingerprint density at radius 3 is 2.66 bits per heavy atom. The van der Waals surface area contributed by atoms with Gasteiger partial charge in [0.1, 0.15) is 11.5 Å². The van der Waals surface area contributed by atoms with E-state index >= 15 is 0 Å². The number of aromatic hydroxyl groups is 2. The number of aryl methyl sites for hydroxylation is 1. The average Bonchev–Trinajstić information content (AvgIpc) is 3.23. The first-order valence-electron chi connectivity index (χ1n) is 10.3. The van der Waals surface area contributed by atoms with Gasteiger partial charge in [0.15, 0.2) is 0 Å². The molecule has 1 aliphatic rings. The molecule has 0 saturated carbocycles. The van der Waals surface area contributed by atoms with Crippen LogP contribution in [0.25, 0.3) is 0 Å². The SMILES string of the molecule is CC(=NNC(=O)c1cc(O)ccc1O)c1cccc(NC(=O)c2csc3c2CCCC3)c1. The van der Waals surface area contributed by atoms with Crippen molar-refractivity contribution in [3.05, 3.63) is 75.0 Å². The second-order valence-corrected chi connectivity index (χ2v) is 8.60. The number of fused-ring (bicyclic) bond motifs is 1. The number of anilines is 1. The first-order valence-corrected chi connectivity index (χ1v) is 11.2. The normalized spacial score (nSPS) is 13.3. The number of phenolic OH excluding ortho intramolecular Hbond substituents is 2. The highest BCUT2D eigenvalue weighted by molar-refractivity contribution is 7.10. The van der Waals surface area contributed by atoms with Crippen LogP contribution in [0.4, 0.5) is 5.69 Å². The number of benzene rings is 2. The Kier molecular flexibility index (Phi) is 6.23. The van der Waals surface area contributed by atoms with E-state index in [0.29, 0.717) is 11.4 Å². The number of carbonyl (C=O) groups excluding carboxylic acids is 2. The van der Waals surface area contributed by atoms with Gasteiger partial charge in [-0.3, -0.25) is 9.59 Å². The standard InChI is InChI=1S/C24H23N3O4S/c1-14(26-27-24(31)19-12-17(28)9-10-21(19)29)15-5-4-6-16(11-15)25-23(30)20-13-32-22-8-3-2-7-18(20)22/h4-6,9-13,28-29H,2-3,7-8H2,1H3,(H,25,30)(H,27,31). The first-order chi connectivity index (χ1) is 15.4. The van der Waals surface area contributed by atoms with Gasteiger partial charge < -0.3 is 15.5 Å². The second-order valence-electron chi connectivity index (χ2n) is 7.63. The Labute approximate surface area is 189 Å². The molecule has 0 unspecified atom stereocenters. The van der Waals surface area contributed by atoms with Crippen LogP contribution in [0.15, 0.2) is 52.9 Å². The van der Waals surface area contributed by atoms with Gasteiger partial charge in [-0.15, -0.1) is 11.3 Å². The largest absolute Gasteiger partial charge is 0.508 e. The number of nitrogens with one attached hydrogen (secondary N) is 2. The fourth-order valence-electron chi connectivity index (χ4n) is 3.67. The Hall–Kier alpha value is -3.65. The van der Waals surface area contributed by atoms with Crippen molar-refractivity contribution >= 4 is 34.6 Å². The van der Waals surface area contributed by atoms with Crippen LogP contribution in [0.1, 0.15) is 56.5 Å². The Balaban J connectivity index is 1.46. The average molecular weight is 450 g/mol. The van der Waals surface area contributed by atoms with Gasteiger partial charge in [0.25, 0.3) is 11.8 Å². The fourth-order valence-corrected chi connectivity index (χ4v) is 4.80. The predicted molar refractivity (Wildman–Crippen MR) is 125 cm³/mol. The lowest BCUT2D eigenvalue weighted by molar-refractivity contribution is 0.0951. The van der Waals surface area contributed by atoms with Crippen molar-refractivity contribution in [1.29, 1.82) is 0 Å². The van der Waals surface area contributed by atoms with E-state index in [2.05, 4.69) is 15.8 Å². The predicted octanol–water partition coefficient (Wildman–Crippen LogP) is 4.44. The summed E-state index contributed by atoms with van der Waals surface area (Å²) in [5.41, 5.74) is 6.08. The summed E-state index contributed by atoms with van der Waals surface area (Å²) in [5.74, 6) is -1.16. The van der Waals surface area contributed by atoms with Crippen molar-refractivity contribution in [3.8, 4) is 11.5 Å². The van der Waals surface area contributed by atoms with Gasteiger partial charge in [0.2, 0.25) is 0 Å². The zero-order valence-corrected chi connectivity index (χ0v) is 18.3. The maximum atomic E-state index is 12.8.